The summed E-state index contributed by atoms with van der Waals surface area (Å²) in [6, 6.07) is 4.65. The molecule has 2 aliphatic rings. The van der Waals surface area contributed by atoms with Crippen molar-refractivity contribution < 1.29 is 34.1 Å². The fourth-order valence-electron chi connectivity index (χ4n) is 5.39. The van der Waals surface area contributed by atoms with Gasteiger partial charge < -0.3 is 36.2 Å². The Hall–Kier alpha value is -3.96. The number of carbonyl (C=O) groups is 4. The molecule has 40 heavy (non-hydrogen) atoms. The molecule has 0 radical (unpaired) electrons. The highest BCUT2D eigenvalue weighted by molar-refractivity contribution is 6.31. The molecule has 214 valence electrons. The average Bonchev–Trinajstić information content (AvgIpc) is 2.96. The van der Waals surface area contributed by atoms with Gasteiger partial charge in [-0.3, -0.25) is 19.2 Å². The summed E-state index contributed by atoms with van der Waals surface area (Å²) in [5.41, 5.74) is 0.453. The van der Waals surface area contributed by atoms with Crippen LogP contribution in [0.25, 0.3) is 0 Å². The van der Waals surface area contributed by atoms with Crippen molar-refractivity contribution in [2.24, 2.45) is 5.92 Å². The van der Waals surface area contributed by atoms with Crippen molar-refractivity contribution in [3.63, 3.8) is 0 Å². The van der Waals surface area contributed by atoms with Gasteiger partial charge in [0.05, 0.1) is 30.3 Å². The summed E-state index contributed by atoms with van der Waals surface area (Å²) in [4.78, 5) is 51.0. The quantitative estimate of drug-likeness (QED) is 0.141. The van der Waals surface area contributed by atoms with Crippen molar-refractivity contribution in [1.29, 1.82) is 0 Å². The molecule has 2 aromatic carbocycles. The maximum atomic E-state index is 13.4. The molecule has 0 saturated heterocycles. The van der Waals surface area contributed by atoms with E-state index in [1.54, 1.807) is 19.2 Å². The van der Waals surface area contributed by atoms with Gasteiger partial charge in [0.2, 0.25) is 17.6 Å². The van der Waals surface area contributed by atoms with Gasteiger partial charge in [0.25, 0.3) is 0 Å². The van der Waals surface area contributed by atoms with Crippen LogP contribution in [0.15, 0.2) is 18.2 Å². The number of aromatic hydroxyl groups is 2. The molecule has 4 rings (SSSR count). The Bertz CT molecular complexity index is 1320. The molecule has 2 aromatic rings. The molecule has 2 aliphatic carbocycles. The zero-order chi connectivity index (χ0) is 28.8. The van der Waals surface area contributed by atoms with E-state index in [0.29, 0.717) is 43.7 Å². The lowest BCUT2D eigenvalue weighted by Gasteiger charge is -2.29. The van der Waals surface area contributed by atoms with Gasteiger partial charge in [-0.1, -0.05) is 12.1 Å². The minimum absolute atomic E-state index is 0.0370. The summed E-state index contributed by atoms with van der Waals surface area (Å²) in [6.45, 7) is 2.82. The molecule has 0 fully saturated rings. The Balaban J connectivity index is 1.34. The molecule has 0 aliphatic heterocycles. The number of ketones is 2. The number of ether oxygens (including phenoxy) is 1. The smallest absolute Gasteiger partial charge is 0.233 e. The number of fused-ring (bicyclic) bond motifs is 3. The molecule has 2 amide bonds. The number of phenolic OH excluding ortho intramolecular Hbond substituents is 2. The van der Waals surface area contributed by atoms with E-state index in [-0.39, 0.29) is 64.2 Å². The monoisotopic (exact) mass is 552 g/mol. The summed E-state index contributed by atoms with van der Waals surface area (Å²) in [5.74, 6) is -2.23. The Morgan fingerprint density at radius 3 is 2.30 bits per heavy atom. The van der Waals surface area contributed by atoms with Crippen LogP contribution >= 0.6 is 0 Å². The van der Waals surface area contributed by atoms with Gasteiger partial charge in [0.1, 0.15) is 17.2 Å². The summed E-state index contributed by atoms with van der Waals surface area (Å²) in [5, 5.41) is 34.0. The first kappa shape index (κ1) is 29.0. The van der Waals surface area contributed by atoms with Crippen LogP contribution in [0, 0.1) is 5.92 Å². The number of benzene rings is 2. The van der Waals surface area contributed by atoms with E-state index < -0.39 is 17.5 Å². The van der Waals surface area contributed by atoms with Gasteiger partial charge in [-0.25, -0.2) is 0 Å². The molecule has 11 heteroatoms. The fourth-order valence-corrected chi connectivity index (χ4v) is 5.39. The summed E-state index contributed by atoms with van der Waals surface area (Å²) < 4.78 is 5.27. The number of amides is 2. The number of likely N-dealkylation sites (N-methyl/N-ethyl adjacent to an activating group) is 1. The van der Waals surface area contributed by atoms with E-state index in [1.807, 2.05) is 0 Å². The second kappa shape index (κ2) is 12.9. The Morgan fingerprint density at radius 2 is 1.60 bits per heavy atom. The molecule has 0 spiro atoms. The van der Waals surface area contributed by atoms with E-state index in [0.717, 1.165) is 19.4 Å². The van der Waals surface area contributed by atoms with Gasteiger partial charge in [0.15, 0.2) is 5.78 Å². The second-order valence-electron chi connectivity index (χ2n) is 10.0. The lowest BCUT2D eigenvalue weighted by Crippen LogP contribution is -2.36. The normalized spacial score (nSPS) is 15.6. The van der Waals surface area contributed by atoms with Crippen molar-refractivity contribution in [3.8, 4) is 17.2 Å². The lowest BCUT2D eigenvalue weighted by atomic mass is 9.75. The first-order chi connectivity index (χ1) is 19.3. The van der Waals surface area contributed by atoms with Gasteiger partial charge in [-0.05, 0) is 58.3 Å². The highest BCUT2D eigenvalue weighted by Gasteiger charge is 2.41. The maximum Gasteiger partial charge on any atom is 0.233 e. The third-order valence-electron chi connectivity index (χ3n) is 7.42. The highest BCUT2D eigenvalue weighted by atomic mass is 16.5. The minimum atomic E-state index is -0.579. The average molecular weight is 553 g/mol. The van der Waals surface area contributed by atoms with Crippen LogP contribution in [-0.2, 0) is 22.4 Å². The van der Waals surface area contributed by atoms with Crippen LogP contribution in [0.3, 0.4) is 0 Å². The van der Waals surface area contributed by atoms with E-state index >= 15 is 0 Å². The van der Waals surface area contributed by atoms with Crippen molar-refractivity contribution in [2.45, 2.75) is 32.1 Å². The predicted molar refractivity (Wildman–Crippen MR) is 147 cm³/mol. The van der Waals surface area contributed by atoms with Crippen molar-refractivity contribution >= 4 is 23.4 Å². The van der Waals surface area contributed by atoms with Crippen LogP contribution < -0.4 is 26.0 Å². The molecule has 1 atom stereocenters. The van der Waals surface area contributed by atoms with Gasteiger partial charge in [-0.2, -0.15) is 0 Å². The standard InChI is InChI=1S/C29H36N4O7/c1-30-15-21(34)32-12-4-10-31-11-5-13-33-29(39)16-8-9-17-19(14-16)27(37)23-24(25(17)35)28(38)22-18(26(23)36)6-3-7-20(22)40-2/h3,6-7,16,30-31,35,37H,4-5,8-15H2,1-2H3,(H,32,34)(H,33,39)/t16-/m0/s1. The van der Waals surface area contributed by atoms with Crippen LogP contribution in [-0.4, -0.2) is 80.5 Å². The number of carbonyl (C=O) groups excluding carboxylic acids is 4. The minimum Gasteiger partial charge on any atom is -0.507 e. The van der Waals surface area contributed by atoms with Crippen molar-refractivity contribution in [2.75, 3.05) is 46.9 Å². The number of hydrogen-bond donors (Lipinski definition) is 6. The molecule has 0 saturated carbocycles. The lowest BCUT2D eigenvalue weighted by molar-refractivity contribution is -0.125. The van der Waals surface area contributed by atoms with Gasteiger partial charge in [0, 0.05) is 35.7 Å². The fraction of sp³-hybridized carbons (Fsp3) is 0.448. The first-order valence-electron chi connectivity index (χ1n) is 13.6. The van der Waals surface area contributed by atoms with E-state index in [4.69, 9.17) is 4.74 Å². The largest absolute Gasteiger partial charge is 0.507 e. The van der Waals surface area contributed by atoms with E-state index in [1.165, 1.54) is 13.2 Å². The van der Waals surface area contributed by atoms with Crippen LogP contribution in [0.5, 0.6) is 17.2 Å². The SMILES string of the molecule is CNCC(=O)NCCCNCCCNC(=O)[C@H]1CCc2c(O)c3c(c(O)c2C1)C(=O)c1cccc(OC)c1C3=O. The molecule has 11 nitrogen and oxygen atoms in total. The zero-order valence-corrected chi connectivity index (χ0v) is 22.8. The van der Waals surface area contributed by atoms with E-state index in [9.17, 15) is 29.4 Å². The summed E-state index contributed by atoms with van der Waals surface area (Å²) >= 11 is 0. The highest BCUT2D eigenvalue weighted by Crippen LogP contribution is 2.47. The molecular weight excluding hydrogens is 516 g/mol. The second-order valence-corrected chi connectivity index (χ2v) is 10.0. The summed E-state index contributed by atoms with van der Waals surface area (Å²) in [7, 11) is 3.11. The number of methoxy groups -OCH3 is 1. The van der Waals surface area contributed by atoms with Crippen molar-refractivity contribution in [1.82, 2.24) is 21.3 Å². The zero-order valence-electron chi connectivity index (χ0n) is 22.8. The molecule has 0 unspecified atom stereocenters. The molecule has 0 heterocycles. The number of phenols is 2. The first-order valence-corrected chi connectivity index (χ1v) is 13.6. The Morgan fingerprint density at radius 1 is 0.925 bits per heavy atom. The van der Waals surface area contributed by atoms with Crippen LogP contribution in [0.4, 0.5) is 0 Å². The Kier molecular flexibility index (Phi) is 9.38. The number of rotatable bonds is 12. The topological polar surface area (TPSA) is 166 Å². The number of hydrogen-bond acceptors (Lipinski definition) is 9. The van der Waals surface area contributed by atoms with E-state index in [2.05, 4.69) is 21.3 Å². The molecule has 0 bridgehead atoms. The van der Waals surface area contributed by atoms with Gasteiger partial charge in [-0.15, -0.1) is 0 Å². The third kappa shape index (κ3) is 5.80. The predicted octanol–water partition coefficient (Wildman–Crippen LogP) is 0.808. The molecule has 6 N–H and O–H groups in total. The van der Waals surface area contributed by atoms with Crippen LogP contribution in [0.1, 0.15) is 62.2 Å². The molecule has 0 aromatic heterocycles. The number of nitrogens with one attached hydrogen (secondary N) is 4. The third-order valence-corrected chi connectivity index (χ3v) is 7.42. The van der Waals surface area contributed by atoms with Crippen LogP contribution in [0.2, 0.25) is 0 Å². The summed E-state index contributed by atoms with van der Waals surface area (Å²) in [6.07, 6.45) is 2.39. The maximum absolute atomic E-state index is 13.4. The molecular formula is C29H36N4O7. The van der Waals surface area contributed by atoms with Crippen molar-refractivity contribution in [3.05, 3.63) is 51.6 Å². The Labute approximate surface area is 232 Å². The van der Waals surface area contributed by atoms with Gasteiger partial charge >= 0.3 is 0 Å².